The Balaban J connectivity index is 2.29. The van der Waals surface area contributed by atoms with Gasteiger partial charge in [-0.15, -0.1) is 0 Å². The van der Waals surface area contributed by atoms with Gasteiger partial charge in [-0.05, 0) is 38.0 Å². The SMILES string of the molecule is Cc1ccc(C)c(N2N=C(C(=O)O[C@H](C)C(N)=O)CCC2=O)c1. The Labute approximate surface area is 134 Å². The van der Waals surface area contributed by atoms with Crippen molar-refractivity contribution in [2.24, 2.45) is 10.8 Å². The number of carbonyl (C=O) groups is 3. The Hall–Kier alpha value is -2.70. The van der Waals surface area contributed by atoms with Crippen molar-refractivity contribution in [3.05, 3.63) is 29.3 Å². The summed E-state index contributed by atoms with van der Waals surface area (Å²) in [5.74, 6) is -1.67. The smallest absolute Gasteiger partial charge is 0.355 e. The van der Waals surface area contributed by atoms with Gasteiger partial charge in [-0.1, -0.05) is 12.1 Å². The maximum Gasteiger partial charge on any atom is 0.355 e. The zero-order chi connectivity index (χ0) is 17.1. The van der Waals surface area contributed by atoms with Crippen LogP contribution in [-0.4, -0.2) is 29.6 Å². The van der Waals surface area contributed by atoms with Gasteiger partial charge in [0.1, 0.15) is 5.71 Å². The molecule has 0 radical (unpaired) electrons. The van der Waals surface area contributed by atoms with Gasteiger partial charge >= 0.3 is 5.97 Å². The zero-order valence-corrected chi connectivity index (χ0v) is 13.3. The van der Waals surface area contributed by atoms with Crippen molar-refractivity contribution >= 4 is 29.2 Å². The van der Waals surface area contributed by atoms with Gasteiger partial charge in [0, 0.05) is 12.8 Å². The lowest BCUT2D eigenvalue weighted by Crippen LogP contribution is -2.38. The molecule has 1 aliphatic rings. The van der Waals surface area contributed by atoms with E-state index < -0.39 is 18.0 Å². The Kier molecular flexibility index (Phi) is 4.78. The van der Waals surface area contributed by atoms with E-state index in [-0.39, 0.29) is 24.5 Å². The Morgan fingerprint density at radius 3 is 2.65 bits per heavy atom. The van der Waals surface area contributed by atoms with Crippen LogP contribution in [0.1, 0.15) is 30.9 Å². The molecule has 0 fully saturated rings. The monoisotopic (exact) mass is 317 g/mol. The molecule has 1 atom stereocenters. The van der Waals surface area contributed by atoms with E-state index in [1.165, 1.54) is 11.9 Å². The van der Waals surface area contributed by atoms with Gasteiger partial charge in [0.15, 0.2) is 6.10 Å². The number of hydrogen-bond donors (Lipinski definition) is 1. The quantitative estimate of drug-likeness (QED) is 0.843. The van der Waals surface area contributed by atoms with Crippen LogP contribution >= 0.6 is 0 Å². The van der Waals surface area contributed by atoms with E-state index in [1.807, 2.05) is 32.0 Å². The highest BCUT2D eigenvalue weighted by molar-refractivity contribution is 6.38. The molecule has 1 heterocycles. The maximum absolute atomic E-state index is 12.1. The van der Waals surface area contributed by atoms with Crippen LogP contribution in [0.2, 0.25) is 0 Å². The van der Waals surface area contributed by atoms with Gasteiger partial charge in [-0.25, -0.2) is 4.79 Å². The van der Waals surface area contributed by atoms with Gasteiger partial charge in [-0.2, -0.15) is 10.1 Å². The number of ether oxygens (including phenoxy) is 1. The first kappa shape index (κ1) is 16.7. The molecule has 122 valence electrons. The molecule has 1 aromatic carbocycles. The summed E-state index contributed by atoms with van der Waals surface area (Å²) in [6.45, 7) is 5.15. The molecule has 1 aliphatic heterocycles. The predicted octanol–water partition coefficient (Wildman–Crippen LogP) is 1.20. The van der Waals surface area contributed by atoms with Crippen molar-refractivity contribution in [2.45, 2.75) is 39.7 Å². The van der Waals surface area contributed by atoms with E-state index >= 15 is 0 Å². The molecule has 2 rings (SSSR count). The molecular weight excluding hydrogens is 298 g/mol. The van der Waals surface area contributed by atoms with Crippen LogP contribution < -0.4 is 10.7 Å². The molecule has 2 N–H and O–H groups in total. The van der Waals surface area contributed by atoms with Gasteiger partial charge < -0.3 is 10.5 Å². The van der Waals surface area contributed by atoms with Crippen LogP contribution in [0.4, 0.5) is 5.69 Å². The number of aryl methyl sites for hydroxylation is 2. The van der Waals surface area contributed by atoms with Crippen molar-refractivity contribution in [2.75, 3.05) is 5.01 Å². The standard InChI is InChI=1S/C16H19N3O4/c1-9-4-5-10(2)13(8-9)19-14(20)7-6-12(18-19)16(22)23-11(3)15(17)21/h4-5,8,11H,6-7H2,1-3H3,(H2,17,21)/t11-/m1/s1. The van der Waals surface area contributed by atoms with Gasteiger partial charge in [-0.3, -0.25) is 9.59 Å². The van der Waals surface area contributed by atoms with E-state index in [2.05, 4.69) is 5.10 Å². The lowest BCUT2D eigenvalue weighted by Gasteiger charge is -2.24. The first-order chi connectivity index (χ1) is 10.8. The fourth-order valence-electron chi connectivity index (χ4n) is 2.12. The Morgan fingerprint density at radius 1 is 1.30 bits per heavy atom. The van der Waals surface area contributed by atoms with Crippen LogP contribution in [0.25, 0.3) is 0 Å². The summed E-state index contributed by atoms with van der Waals surface area (Å²) in [5, 5.41) is 5.34. The normalized spacial score (nSPS) is 15.9. The zero-order valence-electron chi connectivity index (χ0n) is 13.3. The average Bonchev–Trinajstić information content (AvgIpc) is 2.50. The molecule has 0 spiro atoms. The number of hydrazone groups is 1. The highest BCUT2D eigenvalue weighted by atomic mass is 16.5. The molecule has 0 aromatic heterocycles. The largest absolute Gasteiger partial charge is 0.448 e. The highest BCUT2D eigenvalue weighted by Crippen LogP contribution is 2.25. The summed E-state index contributed by atoms with van der Waals surface area (Å²) in [7, 11) is 0. The number of benzene rings is 1. The Bertz CT molecular complexity index is 697. The second kappa shape index (κ2) is 6.60. The van der Waals surface area contributed by atoms with Crippen LogP contribution in [0.15, 0.2) is 23.3 Å². The van der Waals surface area contributed by atoms with E-state index in [4.69, 9.17) is 10.5 Å². The van der Waals surface area contributed by atoms with Gasteiger partial charge in [0.2, 0.25) is 5.91 Å². The third-order valence-corrected chi connectivity index (χ3v) is 3.55. The molecule has 0 aliphatic carbocycles. The minimum absolute atomic E-state index is 0.0959. The fourth-order valence-corrected chi connectivity index (χ4v) is 2.12. The van der Waals surface area contributed by atoms with Crippen molar-refractivity contribution in [1.29, 1.82) is 0 Å². The summed E-state index contributed by atoms with van der Waals surface area (Å²) in [5.41, 5.74) is 7.64. The first-order valence-corrected chi connectivity index (χ1v) is 7.27. The molecular formula is C16H19N3O4. The molecule has 7 nitrogen and oxygen atoms in total. The summed E-state index contributed by atoms with van der Waals surface area (Å²) in [4.78, 5) is 35.2. The summed E-state index contributed by atoms with van der Waals surface area (Å²) >= 11 is 0. The third-order valence-electron chi connectivity index (χ3n) is 3.55. The van der Waals surface area contributed by atoms with E-state index in [9.17, 15) is 14.4 Å². The van der Waals surface area contributed by atoms with Crippen LogP contribution in [0, 0.1) is 13.8 Å². The minimum atomic E-state index is -1.04. The van der Waals surface area contributed by atoms with Crippen molar-refractivity contribution < 1.29 is 19.1 Å². The highest BCUT2D eigenvalue weighted by Gasteiger charge is 2.28. The minimum Gasteiger partial charge on any atom is -0.448 e. The van der Waals surface area contributed by atoms with Gasteiger partial charge in [0.05, 0.1) is 5.69 Å². The number of anilines is 1. The third kappa shape index (κ3) is 3.74. The molecule has 7 heteroatoms. The molecule has 0 bridgehead atoms. The second-order valence-electron chi connectivity index (χ2n) is 5.49. The summed E-state index contributed by atoms with van der Waals surface area (Å²) < 4.78 is 4.94. The topological polar surface area (TPSA) is 102 Å². The lowest BCUT2D eigenvalue weighted by molar-refractivity contribution is -0.147. The van der Waals surface area contributed by atoms with Crippen molar-refractivity contribution in [3.8, 4) is 0 Å². The number of nitrogens with two attached hydrogens (primary N) is 1. The lowest BCUT2D eigenvalue weighted by atomic mass is 10.1. The Morgan fingerprint density at radius 2 is 2.00 bits per heavy atom. The number of amides is 2. The summed E-state index contributed by atoms with van der Waals surface area (Å²) in [6.07, 6.45) is -0.728. The molecule has 2 amide bonds. The van der Waals surface area contributed by atoms with Crippen LogP contribution in [0.5, 0.6) is 0 Å². The van der Waals surface area contributed by atoms with Crippen molar-refractivity contribution in [3.63, 3.8) is 0 Å². The first-order valence-electron chi connectivity index (χ1n) is 7.27. The van der Waals surface area contributed by atoms with E-state index in [0.29, 0.717) is 5.69 Å². The maximum atomic E-state index is 12.1. The van der Waals surface area contributed by atoms with Crippen LogP contribution in [-0.2, 0) is 19.1 Å². The number of esters is 1. The average molecular weight is 317 g/mol. The second-order valence-corrected chi connectivity index (χ2v) is 5.49. The number of primary amides is 1. The molecule has 0 saturated carbocycles. The molecule has 1 aromatic rings. The number of nitrogens with zero attached hydrogens (tertiary/aromatic N) is 2. The number of rotatable bonds is 4. The van der Waals surface area contributed by atoms with E-state index in [1.54, 1.807) is 0 Å². The molecule has 23 heavy (non-hydrogen) atoms. The summed E-state index contributed by atoms with van der Waals surface area (Å²) in [6, 6.07) is 5.65. The van der Waals surface area contributed by atoms with Crippen LogP contribution in [0.3, 0.4) is 0 Å². The molecule has 0 unspecified atom stereocenters. The fraction of sp³-hybridized carbons (Fsp3) is 0.375. The van der Waals surface area contributed by atoms with Gasteiger partial charge in [0.25, 0.3) is 5.91 Å². The number of hydrogen-bond acceptors (Lipinski definition) is 5. The van der Waals surface area contributed by atoms with E-state index in [0.717, 1.165) is 11.1 Å². The predicted molar refractivity (Wildman–Crippen MR) is 84.8 cm³/mol. The van der Waals surface area contributed by atoms with Crippen molar-refractivity contribution in [1.82, 2.24) is 0 Å². The number of carbonyl (C=O) groups excluding carboxylic acids is 3. The molecule has 0 saturated heterocycles.